The summed E-state index contributed by atoms with van der Waals surface area (Å²) in [6.07, 6.45) is 2.85. The number of hydrogen-bond donors (Lipinski definition) is 1. The molecule has 0 heterocycles. The second-order valence-electron chi connectivity index (χ2n) is 5.14. The van der Waals surface area contributed by atoms with E-state index in [2.05, 4.69) is 26.1 Å². The lowest BCUT2D eigenvalue weighted by molar-refractivity contribution is -0.385. The first-order valence-corrected chi connectivity index (χ1v) is 7.02. The molecule has 2 unspecified atom stereocenters. The van der Waals surface area contributed by atoms with E-state index in [0.717, 1.165) is 31.4 Å². The molecule has 4 heteroatoms. The Kier molecular flexibility index (Phi) is 6.50. The Labute approximate surface area is 115 Å². The second-order valence-corrected chi connectivity index (χ2v) is 5.14. The number of nitro groups is 1. The van der Waals surface area contributed by atoms with Crippen LogP contribution in [-0.2, 0) is 6.42 Å². The van der Waals surface area contributed by atoms with Crippen LogP contribution in [0.1, 0.15) is 39.2 Å². The van der Waals surface area contributed by atoms with Crippen LogP contribution in [-0.4, -0.2) is 17.5 Å². The zero-order valence-electron chi connectivity index (χ0n) is 12.1. The quantitative estimate of drug-likeness (QED) is 0.577. The fourth-order valence-electron chi connectivity index (χ4n) is 2.11. The Hall–Kier alpha value is -1.42. The van der Waals surface area contributed by atoms with Crippen LogP contribution in [0.5, 0.6) is 0 Å². The van der Waals surface area contributed by atoms with Gasteiger partial charge in [0.25, 0.3) is 5.69 Å². The number of para-hydroxylation sites is 1. The zero-order valence-corrected chi connectivity index (χ0v) is 12.1. The van der Waals surface area contributed by atoms with Gasteiger partial charge in [0.15, 0.2) is 0 Å². The minimum absolute atomic E-state index is 0.240. The van der Waals surface area contributed by atoms with Gasteiger partial charge < -0.3 is 5.32 Å². The van der Waals surface area contributed by atoms with Crippen LogP contribution in [0.25, 0.3) is 0 Å². The van der Waals surface area contributed by atoms with Crippen molar-refractivity contribution in [1.29, 1.82) is 0 Å². The Morgan fingerprint density at radius 3 is 2.63 bits per heavy atom. The summed E-state index contributed by atoms with van der Waals surface area (Å²) in [7, 11) is 0. The van der Waals surface area contributed by atoms with Crippen molar-refractivity contribution in [2.45, 2.75) is 46.1 Å². The Bertz CT molecular complexity index is 407. The molecule has 0 aliphatic heterocycles. The number of hydrogen-bond acceptors (Lipinski definition) is 3. The van der Waals surface area contributed by atoms with Crippen molar-refractivity contribution < 1.29 is 4.92 Å². The number of aryl methyl sites for hydroxylation is 1. The highest BCUT2D eigenvalue weighted by Crippen LogP contribution is 2.21. The fraction of sp³-hybridized carbons (Fsp3) is 0.600. The van der Waals surface area contributed by atoms with E-state index in [-0.39, 0.29) is 10.6 Å². The van der Waals surface area contributed by atoms with Gasteiger partial charge in [0.1, 0.15) is 0 Å². The fourth-order valence-corrected chi connectivity index (χ4v) is 2.11. The van der Waals surface area contributed by atoms with Gasteiger partial charge >= 0.3 is 0 Å². The molecule has 1 aromatic rings. The normalized spacial score (nSPS) is 14.1. The van der Waals surface area contributed by atoms with Gasteiger partial charge in [-0.3, -0.25) is 10.1 Å². The third-order valence-corrected chi connectivity index (χ3v) is 3.63. The van der Waals surface area contributed by atoms with Crippen LogP contribution in [0.4, 0.5) is 5.69 Å². The molecule has 0 radical (unpaired) electrons. The lowest BCUT2D eigenvalue weighted by Gasteiger charge is -2.21. The largest absolute Gasteiger partial charge is 0.314 e. The third-order valence-electron chi connectivity index (χ3n) is 3.63. The average Bonchev–Trinajstić information content (AvgIpc) is 2.42. The lowest BCUT2D eigenvalue weighted by Crippen LogP contribution is -2.32. The Morgan fingerprint density at radius 1 is 1.32 bits per heavy atom. The summed E-state index contributed by atoms with van der Waals surface area (Å²) in [5, 5.41) is 14.4. The molecule has 19 heavy (non-hydrogen) atoms. The maximum Gasteiger partial charge on any atom is 0.272 e. The van der Waals surface area contributed by atoms with Crippen LogP contribution >= 0.6 is 0 Å². The maximum absolute atomic E-state index is 10.9. The summed E-state index contributed by atoms with van der Waals surface area (Å²) < 4.78 is 0. The molecule has 2 atom stereocenters. The molecule has 4 nitrogen and oxygen atoms in total. The molecule has 0 saturated carbocycles. The van der Waals surface area contributed by atoms with Gasteiger partial charge in [-0.15, -0.1) is 0 Å². The van der Waals surface area contributed by atoms with Crippen molar-refractivity contribution in [3.63, 3.8) is 0 Å². The topological polar surface area (TPSA) is 55.2 Å². The van der Waals surface area contributed by atoms with Gasteiger partial charge in [-0.25, -0.2) is 0 Å². The van der Waals surface area contributed by atoms with E-state index in [0.29, 0.717) is 12.0 Å². The molecule has 0 saturated heterocycles. The van der Waals surface area contributed by atoms with Crippen LogP contribution in [0.2, 0.25) is 0 Å². The average molecular weight is 264 g/mol. The Balaban J connectivity index is 2.54. The van der Waals surface area contributed by atoms with Crippen molar-refractivity contribution in [3.05, 3.63) is 39.9 Å². The van der Waals surface area contributed by atoms with E-state index < -0.39 is 0 Å². The van der Waals surface area contributed by atoms with Crippen LogP contribution in [0, 0.1) is 16.0 Å². The van der Waals surface area contributed by atoms with Gasteiger partial charge in [0, 0.05) is 17.7 Å². The third kappa shape index (κ3) is 4.99. The molecule has 0 amide bonds. The smallest absolute Gasteiger partial charge is 0.272 e. The Morgan fingerprint density at radius 2 is 2.00 bits per heavy atom. The molecular formula is C15H24N2O2. The van der Waals surface area contributed by atoms with Crippen molar-refractivity contribution in [1.82, 2.24) is 5.32 Å². The number of rotatable bonds is 8. The molecule has 0 fully saturated rings. The molecule has 106 valence electrons. The molecule has 1 N–H and O–H groups in total. The first-order chi connectivity index (χ1) is 9.06. The predicted octanol–water partition coefficient (Wildman–Crippen LogP) is 3.55. The van der Waals surface area contributed by atoms with Crippen molar-refractivity contribution in [3.8, 4) is 0 Å². The van der Waals surface area contributed by atoms with Gasteiger partial charge in [0.2, 0.25) is 0 Å². The van der Waals surface area contributed by atoms with Gasteiger partial charge in [-0.1, -0.05) is 32.0 Å². The molecule has 1 aromatic carbocycles. The first kappa shape index (κ1) is 15.6. The molecule has 1 rings (SSSR count). The predicted molar refractivity (Wildman–Crippen MR) is 78.3 cm³/mol. The summed E-state index contributed by atoms with van der Waals surface area (Å²) in [5.74, 6) is 0.506. The number of nitro benzene ring substituents is 1. The van der Waals surface area contributed by atoms with Crippen molar-refractivity contribution in [2.75, 3.05) is 6.54 Å². The van der Waals surface area contributed by atoms with Gasteiger partial charge in [0.05, 0.1) is 4.92 Å². The van der Waals surface area contributed by atoms with Gasteiger partial charge in [-0.05, 0) is 38.6 Å². The highest BCUT2D eigenvalue weighted by atomic mass is 16.6. The molecular weight excluding hydrogens is 240 g/mol. The van der Waals surface area contributed by atoms with E-state index in [4.69, 9.17) is 0 Å². The van der Waals surface area contributed by atoms with E-state index in [1.54, 1.807) is 12.1 Å². The number of nitrogens with one attached hydrogen (secondary N) is 1. The zero-order chi connectivity index (χ0) is 14.3. The highest BCUT2D eigenvalue weighted by Gasteiger charge is 2.15. The molecule has 0 aromatic heterocycles. The molecule has 0 bridgehead atoms. The molecule has 0 aliphatic carbocycles. The highest BCUT2D eigenvalue weighted by molar-refractivity contribution is 5.39. The van der Waals surface area contributed by atoms with Crippen LogP contribution < -0.4 is 5.32 Å². The summed E-state index contributed by atoms with van der Waals surface area (Å²) in [5.41, 5.74) is 1.07. The van der Waals surface area contributed by atoms with E-state index >= 15 is 0 Å². The van der Waals surface area contributed by atoms with Crippen molar-refractivity contribution in [2.24, 2.45) is 5.92 Å². The first-order valence-electron chi connectivity index (χ1n) is 7.02. The number of benzene rings is 1. The van der Waals surface area contributed by atoms with Crippen molar-refractivity contribution >= 4 is 5.69 Å². The number of nitrogens with zero attached hydrogens (tertiary/aromatic N) is 1. The summed E-state index contributed by atoms with van der Waals surface area (Å²) in [6.45, 7) is 7.55. The standard InChI is InChI=1S/C15H24N2O2/c1-4-11-16-13(3)12(2)9-10-14-7-5-6-8-15(14)17(18)19/h5-8,12-13,16H,4,9-11H2,1-3H3. The van der Waals surface area contributed by atoms with Crippen LogP contribution in [0.15, 0.2) is 24.3 Å². The van der Waals surface area contributed by atoms with E-state index in [1.165, 1.54) is 0 Å². The SMILES string of the molecule is CCCNC(C)C(C)CCc1ccccc1[N+](=O)[O-]. The van der Waals surface area contributed by atoms with E-state index in [1.807, 2.05) is 12.1 Å². The minimum atomic E-state index is -0.293. The maximum atomic E-state index is 10.9. The van der Waals surface area contributed by atoms with E-state index in [9.17, 15) is 10.1 Å². The second kappa shape index (κ2) is 7.89. The van der Waals surface area contributed by atoms with Gasteiger partial charge in [-0.2, -0.15) is 0 Å². The van der Waals surface area contributed by atoms with Crippen LogP contribution in [0.3, 0.4) is 0 Å². The summed E-state index contributed by atoms with van der Waals surface area (Å²) >= 11 is 0. The molecule has 0 spiro atoms. The monoisotopic (exact) mass is 264 g/mol. The molecule has 0 aliphatic rings. The summed E-state index contributed by atoms with van der Waals surface area (Å²) in [4.78, 5) is 10.6. The lowest BCUT2D eigenvalue weighted by atomic mass is 9.94. The minimum Gasteiger partial charge on any atom is -0.314 e. The summed E-state index contributed by atoms with van der Waals surface area (Å²) in [6, 6.07) is 7.47.